The lowest BCUT2D eigenvalue weighted by Gasteiger charge is -2.31. The largest absolute Gasteiger partial charge is 0.507 e. The summed E-state index contributed by atoms with van der Waals surface area (Å²) in [5.74, 6) is -1.24. The number of aliphatic hydroxyl groups is 1. The van der Waals surface area contributed by atoms with E-state index in [0.29, 0.717) is 5.56 Å². The van der Waals surface area contributed by atoms with E-state index < -0.39 is 17.7 Å². The monoisotopic (exact) mass is 468 g/mol. The number of ketones is 1. The molecule has 1 N–H and O–H groups in total. The lowest BCUT2D eigenvalue weighted by atomic mass is 9.94. The van der Waals surface area contributed by atoms with Crippen LogP contribution in [-0.4, -0.2) is 41.8 Å². The van der Waals surface area contributed by atoms with Crippen molar-refractivity contribution in [3.05, 3.63) is 69.7 Å². The van der Waals surface area contributed by atoms with Crippen LogP contribution in [0.1, 0.15) is 42.9 Å². The number of hydrogen-bond acceptors (Lipinski definition) is 4. The number of rotatable bonds is 4. The molecule has 6 heteroatoms. The van der Waals surface area contributed by atoms with E-state index in [2.05, 4.69) is 15.9 Å². The highest BCUT2D eigenvalue weighted by Gasteiger charge is 2.49. The number of likely N-dealkylation sites (tertiary alicyclic amines) is 1. The number of Topliss-reactive ketones (excluding diaryl/α,β-unsaturated/α-hetero) is 1. The average Bonchev–Trinajstić information content (AvgIpc) is 3.35. The quantitative estimate of drug-likeness (QED) is 0.394. The number of benzene rings is 2. The minimum atomic E-state index is -0.607. The van der Waals surface area contributed by atoms with Crippen molar-refractivity contribution in [2.24, 2.45) is 0 Å². The predicted octanol–water partition coefficient (Wildman–Crippen LogP) is 4.88. The van der Waals surface area contributed by atoms with E-state index in [1.165, 1.54) is 0 Å². The number of anilines is 1. The summed E-state index contributed by atoms with van der Waals surface area (Å²) in [7, 11) is 3.93. The zero-order valence-corrected chi connectivity index (χ0v) is 18.7. The van der Waals surface area contributed by atoms with Gasteiger partial charge in [-0.05, 0) is 42.7 Å². The van der Waals surface area contributed by atoms with Gasteiger partial charge >= 0.3 is 0 Å². The number of carbonyl (C=O) groups is 2. The molecule has 1 saturated carbocycles. The molecule has 156 valence electrons. The van der Waals surface area contributed by atoms with E-state index in [0.717, 1.165) is 41.4 Å². The first-order chi connectivity index (χ1) is 14.4. The van der Waals surface area contributed by atoms with E-state index in [4.69, 9.17) is 0 Å². The minimum absolute atomic E-state index is 0.0233. The van der Waals surface area contributed by atoms with Gasteiger partial charge in [0.1, 0.15) is 5.76 Å². The molecule has 1 aliphatic carbocycles. The molecule has 1 atom stereocenters. The maximum Gasteiger partial charge on any atom is 0.295 e. The van der Waals surface area contributed by atoms with Gasteiger partial charge in [-0.15, -0.1) is 0 Å². The summed E-state index contributed by atoms with van der Waals surface area (Å²) < 4.78 is 0.876. The van der Waals surface area contributed by atoms with Gasteiger partial charge in [0.25, 0.3) is 11.7 Å². The molecule has 0 radical (unpaired) electrons. The van der Waals surface area contributed by atoms with Crippen LogP contribution in [0.4, 0.5) is 5.69 Å². The average molecular weight is 469 g/mol. The third-order valence-corrected chi connectivity index (χ3v) is 6.57. The molecule has 2 fully saturated rings. The zero-order chi connectivity index (χ0) is 21.4. The topological polar surface area (TPSA) is 60.9 Å². The lowest BCUT2D eigenvalue weighted by molar-refractivity contribution is -0.141. The van der Waals surface area contributed by atoms with Crippen LogP contribution in [0, 0.1) is 0 Å². The van der Waals surface area contributed by atoms with Crippen molar-refractivity contribution >= 4 is 39.1 Å². The van der Waals surface area contributed by atoms with Crippen molar-refractivity contribution in [2.75, 3.05) is 19.0 Å². The standard InChI is InChI=1S/C24H25BrN2O3/c1-26(2)18-13-9-15(10-14-18)21-20(22(28)16-7-11-17(25)12-8-16)23(29)24(30)27(21)19-5-3-4-6-19/h7-14,19,21,28H,3-6H2,1-2H3/b22-20-. The summed E-state index contributed by atoms with van der Waals surface area (Å²) in [6, 6.07) is 14.4. The summed E-state index contributed by atoms with van der Waals surface area (Å²) in [6.45, 7) is 0. The van der Waals surface area contributed by atoms with E-state index in [1.807, 2.05) is 55.4 Å². The molecule has 1 heterocycles. The summed E-state index contributed by atoms with van der Waals surface area (Å²) in [4.78, 5) is 29.9. The molecule has 4 rings (SSSR count). The Labute approximate surface area is 185 Å². The Morgan fingerprint density at radius 1 is 1.00 bits per heavy atom. The first-order valence-corrected chi connectivity index (χ1v) is 11.0. The van der Waals surface area contributed by atoms with Crippen LogP contribution in [0.3, 0.4) is 0 Å². The predicted molar refractivity (Wildman–Crippen MR) is 121 cm³/mol. The highest BCUT2D eigenvalue weighted by atomic mass is 79.9. The van der Waals surface area contributed by atoms with Crippen molar-refractivity contribution < 1.29 is 14.7 Å². The number of nitrogens with zero attached hydrogens (tertiary/aromatic N) is 2. The number of aliphatic hydroxyl groups excluding tert-OH is 1. The van der Waals surface area contributed by atoms with Gasteiger partial charge in [0, 0.05) is 35.9 Å². The highest BCUT2D eigenvalue weighted by Crippen LogP contribution is 2.43. The Morgan fingerprint density at radius 2 is 1.60 bits per heavy atom. The maximum absolute atomic E-state index is 13.1. The Kier molecular flexibility index (Phi) is 5.69. The molecule has 1 aliphatic heterocycles. The van der Waals surface area contributed by atoms with Crippen LogP contribution in [-0.2, 0) is 9.59 Å². The molecule has 5 nitrogen and oxygen atoms in total. The molecular formula is C24H25BrN2O3. The van der Waals surface area contributed by atoms with Gasteiger partial charge in [0.15, 0.2) is 0 Å². The smallest absolute Gasteiger partial charge is 0.295 e. The van der Waals surface area contributed by atoms with Gasteiger partial charge in [0.2, 0.25) is 0 Å². The van der Waals surface area contributed by atoms with Gasteiger partial charge in [-0.1, -0.05) is 53.0 Å². The molecule has 1 amide bonds. The number of halogens is 1. The van der Waals surface area contributed by atoms with E-state index in [1.54, 1.807) is 17.0 Å². The zero-order valence-electron chi connectivity index (χ0n) is 17.1. The molecular weight excluding hydrogens is 444 g/mol. The molecule has 1 unspecified atom stereocenters. The van der Waals surface area contributed by atoms with Crippen molar-refractivity contribution in [2.45, 2.75) is 37.8 Å². The minimum Gasteiger partial charge on any atom is -0.507 e. The second-order valence-corrected chi connectivity index (χ2v) is 9.05. The Balaban J connectivity index is 1.85. The molecule has 30 heavy (non-hydrogen) atoms. The number of amides is 1. The summed E-state index contributed by atoms with van der Waals surface area (Å²) >= 11 is 3.39. The van der Waals surface area contributed by atoms with Crippen molar-refractivity contribution in [3.63, 3.8) is 0 Å². The molecule has 2 aromatic rings. The Morgan fingerprint density at radius 3 is 2.17 bits per heavy atom. The van der Waals surface area contributed by atoms with Crippen LogP contribution in [0.2, 0.25) is 0 Å². The first-order valence-electron chi connectivity index (χ1n) is 10.2. The summed E-state index contributed by atoms with van der Waals surface area (Å²) in [6.07, 6.45) is 3.87. The van der Waals surface area contributed by atoms with Crippen molar-refractivity contribution in [3.8, 4) is 0 Å². The maximum atomic E-state index is 13.1. The van der Waals surface area contributed by atoms with Crippen LogP contribution >= 0.6 is 15.9 Å². The Bertz CT molecular complexity index is 990. The first kappa shape index (κ1) is 20.7. The van der Waals surface area contributed by atoms with Crippen molar-refractivity contribution in [1.29, 1.82) is 0 Å². The summed E-state index contributed by atoms with van der Waals surface area (Å²) in [5, 5.41) is 11.1. The SMILES string of the molecule is CN(C)c1ccc(C2/C(=C(/O)c3ccc(Br)cc3)C(=O)C(=O)N2C2CCCC2)cc1. The van der Waals surface area contributed by atoms with E-state index >= 15 is 0 Å². The lowest BCUT2D eigenvalue weighted by Crippen LogP contribution is -2.37. The van der Waals surface area contributed by atoms with Gasteiger partial charge < -0.3 is 14.9 Å². The van der Waals surface area contributed by atoms with Crippen LogP contribution in [0.25, 0.3) is 5.76 Å². The summed E-state index contributed by atoms with van der Waals surface area (Å²) in [5.41, 5.74) is 2.57. The van der Waals surface area contributed by atoms with Crippen molar-refractivity contribution in [1.82, 2.24) is 4.90 Å². The van der Waals surface area contributed by atoms with E-state index in [9.17, 15) is 14.7 Å². The van der Waals surface area contributed by atoms with Gasteiger partial charge in [-0.3, -0.25) is 9.59 Å². The fraction of sp³-hybridized carbons (Fsp3) is 0.333. The third-order valence-electron chi connectivity index (χ3n) is 6.04. The molecule has 0 aromatic heterocycles. The van der Waals surface area contributed by atoms with Gasteiger partial charge in [-0.25, -0.2) is 0 Å². The second-order valence-electron chi connectivity index (χ2n) is 8.14. The number of carbonyl (C=O) groups excluding carboxylic acids is 2. The van der Waals surface area contributed by atoms with Gasteiger partial charge in [0.05, 0.1) is 11.6 Å². The highest BCUT2D eigenvalue weighted by molar-refractivity contribution is 9.10. The normalized spacial score (nSPS) is 21.4. The fourth-order valence-electron chi connectivity index (χ4n) is 4.45. The van der Waals surface area contributed by atoms with Crippen LogP contribution in [0.15, 0.2) is 58.6 Å². The molecule has 2 aliphatic rings. The van der Waals surface area contributed by atoms with Gasteiger partial charge in [-0.2, -0.15) is 0 Å². The molecule has 1 saturated heterocycles. The second kappa shape index (κ2) is 8.26. The van der Waals surface area contributed by atoms with E-state index in [-0.39, 0.29) is 17.4 Å². The Hall–Kier alpha value is -2.60. The fourth-order valence-corrected chi connectivity index (χ4v) is 4.72. The molecule has 0 bridgehead atoms. The van der Waals surface area contributed by atoms with Crippen LogP contribution < -0.4 is 4.90 Å². The third kappa shape index (κ3) is 3.65. The molecule has 2 aromatic carbocycles. The molecule has 0 spiro atoms. The number of hydrogen-bond donors (Lipinski definition) is 1. The van der Waals surface area contributed by atoms with Crippen LogP contribution in [0.5, 0.6) is 0 Å².